The molecule has 0 amide bonds. The van der Waals surface area contributed by atoms with Crippen molar-refractivity contribution < 1.29 is 22.7 Å². The van der Waals surface area contributed by atoms with Crippen LogP contribution in [0.3, 0.4) is 0 Å². The van der Waals surface area contributed by atoms with Crippen LogP contribution in [0, 0.1) is 0 Å². The molecule has 0 bridgehead atoms. The van der Waals surface area contributed by atoms with Crippen molar-refractivity contribution in [2.24, 2.45) is 5.14 Å². The lowest BCUT2D eigenvalue weighted by Crippen LogP contribution is -2.15. The Bertz CT molecular complexity index is 573. The average Bonchev–Trinajstić information content (AvgIpc) is 2.37. The second-order valence-corrected chi connectivity index (χ2v) is 6.35. The number of hydrogen-bond donors (Lipinski definition) is 1. The molecule has 1 rings (SSSR count). The number of halogens is 1. The Hall–Kier alpha value is -0.960. The van der Waals surface area contributed by atoms with E-state index in [0.717, 1.165) is 6.42 Å². The van der Waals surface area contributed by atoms with Crippen molar-refractivity contribution in [3.8, 4) is 0 Å². The highest BCUT2D eigenvalue weighted by molar-refractivity contribution is 9.10. The summed E-state index contributed by atoms with van der Waals surface area (Å²) in [6, 6.07) is 3.92. The molecule has 112 valence electrons. The van der Waals surface area contributed by atoms with Gasteiger partial charge in [0.2, 0.25) is 10.0 Å². The van der Waals surface area contributed by atoms with E-state index in [4.69, 9.17) is 14.6 Å². The maximum Gasteiger partial charge on any atom is 0.339 e. The van der Waals surface area contributed by atoms with Crippen LogP contribution in [0.2, 0.25) is 0 Å². The van der Waals surface area contributed by atoms with Gasteiger partial charge in [0.1, 0.15) is 6.61 Å². The zero-order chi connectivity index (χ0) is 15.2. The lowest BCUT2D eigenvalue weighted by Gasteiger charge is -2.08. The first-order valence-corrected chi connectivity index (χ1v) is 8.27. The molecular weight excluding hydrogens is 350 g/mol. The van der Waals surface area contributed by atoms with Crippen molar-refractivity contribution in [1.29, 1.82) is 0 Å². The van der Waals surface area contributed by atoms with Gasteiger partial charge in [-0.3, -0.25) is 0 Å². The smallest absolute Gasteiger partial charge is 0.339 e. The molecule has 0 aliphatic carbocycles. The Morgan fingerprint density at radius 1 is 1.30 bits per heavy atom. The number of primary sulfonamides is 1. The van der Waals surface area contributed by atoms with E-state index < -0.39 is 16.0 Å². The number of benzene rings is 1. The number of hydrogen-bond acceptors (Lipinski definition) is 5. The molecule has 0 atom stereocenters. The van der Waals surface area contributed by atoms with Crippen LogP contribution < -0.4 is 5.14 Å². The number of carbonyl (C=O) groups excluding carboxylic acids is 1. The fourth-order valence-corrected chi connectivity index (χ4v) is 2.30. The van der Waals surface area contributed by atoms with Gasteiger partial charge in [0.05, 0.1) is 17.1 Å². The number of sulfonamides is 1. The minimum Gasteiger partial charge on any atom is -0.460 e. The summed E-state index contributed by atoms with van der Waals surface area (Å²) in [5.41, 5.74) is 0.104. The first kappa shape index (κ1) is 17.1. The second-order valence-electron chi connectivity index (χ2n) is 3.93. The Kier molecular flexibility index (Phi) is 6.60. The van der Waals surface area contributed by atoms with Crippen molar-refractivity contribution in [3.63, 3.8) is 0 Å². The summed E-state index contributed by atoms with van der Waals surface area (Å²) in [6.45, 7) is 2.97. The predicted octanol–water partition coefficient (Wildman–Crippen LogP) is 1.68. The molecule has 0 fully saturated rings. The molecule has 0 aromatic heterocycles. The van der Waals surface area contributed by atoms with E-state index in [2.05, 4.69) is 15.9 Å². The van der Waals surface area contributed by atoms with Crippen molar-refractivity contribution in [3.05, 3.63) is 28.2 Å². The molecule has 20 heavy (non-hydrogen) atoms. The lowest BCUT2D eigenvalue weighted by molar-refractivity contribution is 0.0317. The van der Waals surface area contributed by atoms with Crippen molar-refractivity contribution >= 4 is 31.9 Å². The number of ether oxygens (including phenoxy) is 2. The summed E-state index contributed by atoms with van der Waals surface area (Å²) in [4.78, 5) is 11.7. The van der Waals surface area contributed by atoms with Crippen LogP contribution >= 0.6 is 15.9 Å². The van der Waals surface area contributed by atoms with E-state index in [0.29, 0.717) is 17.7 Å². The summed E-state index contributed by atoms with van der Waals surface area (Å²) in [7, 11) is -3.86. The highest BCUT2D eigenvalue weighted by Gasteiger charge is 2.16. The Morgan fingerprint density at radius 2 is 2.00 bits per heavy atom. The third-order valence-corrected chi connectivity index (χ3v) is 3.90. The van der Waals surface area contributed by atoms with Gasteiger partial charge in [-0.25, -0.2) is 18.4 Å². The van der Waals surface area contributed by atoms with Gasteiger partial charge < -0.3 is 9.47 Å². The van der Waals surface area contributed by atoms with Gasteiger partial charge in [0, 0.05) is 11.1 Å². The maximum atomic E-state index is 11.8. The molecule has 0 aliphatic heterocycles. The average molecular weight is 366 g/mol. The minimum atomic E-state index is -3.86. The first-order chi connectivity index (χ1) is 9.36. The van der Waals surface area contributed by atoms with E-state index in [1.54, 1.807) is 0 Å². The normalized spacial score (nSPS) is 11.3. The van der Waals surface area contributed by atoms with Crippen molar-refractivity contribution in [2.45, 2.75) is 18.2 Å². The lowest BCUT2D eigenvalue weighted by atomic mass is 10.2. The molecule has 6 nitrogen and oxygen atoms in total. The van der Waals surface area contributed by atoms with Crippen LogP contribution in [-0.2, 0) is 19.5 Å². The van der Waals surface area contributed by atoms with E-state index in [9.17, 15) is 13.2 Å². The van der Waals surface area contributed by atoms with E-state index in [1.807, 2.05) is 6.92 Å². The second kappa shape index (κ2) is 7.72. The van der Waals surface area contributed by atoms with Crippen LogP contribution in [0.25, 0.3) is 0 Å². The Morgan fingerprint density at radius 3 is 2.60 bits per heavy atom. The van der Waals surface area contributed by atoms with Gasteiger partial charge in [0.25, 0.3) is 0 Å². The van der Waals surface area contributed by atoms with Gasteiger partial charge in [0.15, 0.2) is 0 Å². The van der Waals surface area contributed by atoms with Crippen LogP contribution in [-0.4, -0.2) is 34.2 Å². The highest BCUT2D eigenvalue weighted by Crippen LogP contribution is 2.21. The maximum absolute atomic E-state index is 11.8. The molecule has 2 N–H and O–H groups in total. The van der Waals surface area contributed by atoms with Crippen LogP contribution in [0.5, 0.6) is 0 Å². The summed E-state index contributed by atoms with van der Waals surface area (Å²) in [5.74, 6) is -0.637. The Labute approximate surface area is 126 Å². The molecule has 0 radical (unpaired) electrons. The summed E-state index contributed by atoms with van der Waals surface area (Å²) in [6.07, 6.45) is 0.885. The number of esters is 1. The third kappa shape index (κ3) is 5.20. The van der Waals surface area contributed by atoms with E-state index in [-0.39, 0.29) is 17.1 Å². The molecule has 8 heteroatoms. The van der Waals surface area contributed by atoms with Gasteiger partial charge in [-0.05, 0) is 40.5 Å². The first-order valence-electron chi connectivity index (χ1n) is 5.93. The third-order valence-electron chi connectivity index (χ3n) is 2.30. The molecule has 0 heterocycles. The molecule has 0 saturated heterocycles. The van der Waals surface area contributed by atoms with E-state index >= 15 is 0 Å². The SMILES string of the molecule is CCCOCCOC(=O)c1cc(S(N)(=O)=O)ccc1Br. The molecular formula is C12H16BrNO5S. The van der Waals surface area contributed by atoms with Gasteiger partial charge in [-0.15, -0.1) is 0 Å². The fourth-order valence-electron chi connectivity index (χ4n) is 1.36. The van der Waals surface area contributed by atoms with Crippen LogP contribution in [0.1, 0.15) is 23.7 Å². The molecule has 0 unspecified atom stereocenters. The van der Waals surface area contributed by atoms with E-state index in [1.165, 1.54) is 18.2 Å². The molecule has 0 spiro atoms. The largest absolute Gasteiger partial charge is 0.460 e. The topological polar surface area (TPSA) is 95.7 Å². The zero-order valence-electron chi connectivity index (χ0n) is 11.0. The quantitative estimate of drug-likeness (QED) is 0.585. The minimum absolute atomic E-state index is 0.102. The summed E-state index contributed by atoms with van der Waals surface area (Å²) < 4.78 is 33.1. The summed E-state index contributed by atoms with van der Waals surface area (Å²) in [5, 5.41) is 5.02. The van der Waals surface area contributed by atoms with Gasteiger partial charge in [-0.2, -0.15) is 0 Å². The van der Waals surface area contributed by atoms with Crippen LogP contribution in [0.4, 0.5) is 0 Å². The van der Waals surface area contributed by atoms with Crippen LogP contribution in [0.15, 0.2) is 27.6 Å². The Balaban J connectivity index is 2.72. The fraction of sp³-hybridized carbons (Fsp3) is 0.417. The monoisotopic (exact) mass is 365 g/mol. The summed E-state index contributed by atoms with van der Waals surface area (Å²) >= 11 is 3.16. The van der Waals surface area contributed by atoms with Crippen molar-refractivity contribution in [2.75, 3.05) is 19.8 Å². The number of rotatable bonds is 7. The molecule has 1 aromatic carbocycles. The molecule has 0 aliphatic rings. The van der Waals surface area contributed by atoms with Crippen molar-refractivity contribution in [1.82, 2.24) is 0 Å². The number of nitrogens with two attached hydrogens (primary N) is 1. The predicted molar refractivity (Wildman–Crippen MR) is 76.9 cm³/mol. The highest BCUT2D eigenvalue weighted by atomic mass is 79.9. The number of carbonyl (C=O) groups is 1. The molecule has 0 saturated carbocycles. The zero-order valence-corrected chi connectivity index (χ0v) is 13.4. The van der Waals surface area contributed by atoms with Gasteiger partial charge in [-0.1, -0.05) is 6.92 Å². The van der Waals surface area contributed by atoms with Gasteiger partial charge >= 0.3 is 5.97 Å². The molecule has 1 aromatic rings. The standard InChI is InChI=1S/C12H16BrNO5S/c1-2-5-18-6-7-19-12(15)10-8-9(20(14,16)17)3-4-11(10)13/h3-4,8H,2,5-7H2,1H3,(H2,14,16,17).